The third-order valence-corrected chi connectivity index (χ3v) is 2.21. The fraction of sp³-hybridized carbons (Fsp3) is 0.167. The third kappa shape index (κ3) is 10.7. The molecular formula is C18H18Zr. The van der Waals surface area contributed by atoms with Crippen LogP contribution in [0, 0.1) is 25.1 Å². The molecule has 2 aliphatic carbocycles. The molecule has 0 N–H and O–H groups in total. The molecule has 0 unspecified atom stereocenters. The second-order valence-corrected chi connectivity index (χ2v) is 3.64. The van der Waals surface area contributed by atoms with Gasteiger partial charge in [-0.05, 0) is 0 Å². The summed E-state index contributed by atoms with van der Waals surface area (Å²) in [6.07, 6.45) is 20.8. The summed E-state index contributed by atoms with van der Waals surface area (Å²) in [6.45, 7) is 3.72. The molecule has 0 saturated carbocycles. The molecule has 0 bridgehead atoms. The van der Waals surface area contributed by atoms with Gasteiger partial charge in [0.05, 0.1) is 0 Å². The average Bonchev–Trinajstić information content (AvgIpc) is 3.17. The standard InChI is InChI=1S/C8H8.2C5H5.Zr/c1-2-8-6-4-3-5-7-8;2*1-2-4-5-3-1;/h3-6H,1-2H2;2*1-3H,4H2;/q-2;2*-1;+4. The van der Waals surface area contributed by atoms with Gasteiger partial charge in [0.1, 0.15) is 0 Å². The fourth-order valence-electron chi connectivity index (χ4n) is 1.27. The Balaban J connectivity index is 0.000000259. The van der Waals surface area contributed by atoms with Gasteiger partial charge in [-0.25, -0.2) is 24.3 Å². The first-order valence-electron chi connectivity index (χ1n) is 6.12. The minimum atomic E-state index is 0. The molecule has 94 valence electrons. The van der Waals surface area contributed by atoms with Crippen molar-refractivity contribution in [3.05, 3.63) is 91.4 Å². The molecule has 0 heterocycles. The molecule has 0 spiro atoms. The van der Waals surface area contributed by atoms with Gasteiger partial charge in [0, 0.05) is 0 Å². The SMILES string of the molecule is [C-]1=CC=CC1.[C-]1=CC=CC1.[CH2-]Cc1[c-]cccc1.[Zr+4]. The van der Waals surface area contributed by atoms with Crippen LogP contribution in [0.25, 0.3) is 0 Å². The van der Waals surface area contributed by atoms with Gasteiger partial charge in [-0.2, -0.15) is 54.5 Å². The monoisotopic (exact) mass is 324 g/mol. The van der Waals surface area contributed by atoms with E-state index in [0.29, 0.717) is 0 Å². The minimum Gasteiger partial charge on any atom is -0.341 e. The molecule has 0 fully saturated rings. The molecule has 0 nitrogen and oxygen atoms in total. The van der Waals surface area contributed by atoms with Gasteiger partial charge in [0.25, 0.3) is 0 Å². The van der Waals surface area contributed by atoms with Crippen molar-refractivity contribution >= 4 is 0 Å². The van der Waals surface area contributed by atoms with E-state index in [0.717, 1.165) is 19.3 Å². The number of rotatable bonds is 1. The normalized spacial score (nSPS) is 13.1. The van der Waals surface area contributed by atoms with E-state index in [-0.39, 0.29) is 26.2 Å². The molecule has 1 aromatic carbocycles. The van der Waals surface area contributed by atoms with E-state index in [2.05, 4.69) is 37.3 Å². The molecule has 0 saturated heterocycles. The number of hydrogen-bond donors (Lipinski definition) is 0. The van der Waals surface area contributed by atoms with Crippen LogP contribution in [0.3, 0.4) is 0 Å². The zero-order valence-electron chi connectivity index (χ0n) is 11.1. The molecule has 1 aromatic rings. The van der Waals surface area contributed by atoms with E-state index < -0.39 is 0 Å². The maximum absolute atomic E-state index is 3.72. The molecule has 0 atom stereocenters. The smallest absolute Gasteiger partial charge is 0.341 e. The molecule has 0 amide bonds. The maximum Gasteiger partial charge on any atom is 4.00 e. The number of benzene rings is 1. The number of allylic oxidation sites excluding steroid dienone is 8. The van der Waals surface area contributed by atoms with Crippen molar-refractivity contribution in [2.75, 3.05) is 0 Å². The molecule has 2 aliphatic rings. The van der Waals surface area contributed by atoms with E-state index in [4.69, 9.17) is 0 Å². The second kappa shape index (κ2) is 13.5. The van der Waals surface area contributed by atoms with Crippen molar-refractivity contribution < 1.29 is 26.2 Å². The Labute approximate surface area is 136 Å². The van der Waals surface area contributed by atoms with E-state index >= 15 is 0 Å². The molecule has 0 aliphatic heterocycles. The van der Waals surface area contributed by atoms with Crippen molar-refractivity contribution in [1.29, 1.82) is 0 Å². The molecule has 19 heavy (non-hydrogen) atoms. The average molecular weight is 326 g/mol. The molecule has 3 rings (SSSR count). The zero-order chi connectivity index (χ0) is 12.9. The van der Waals surface area contributed by atoms with Crippen LogP contribution in [0.15, 0.2) is 60.7 Å². The van der Waals surface area contributed by atoms with Crippen LogP contribution >= 0.6 is 0 Å². The maximum atomic E-state index is 3.72. The van der Waals surface area contributed by atoms with Gasteiger partial charge < -0.3 is 6.92 Å². The van der Waals surface area contributed by atoms with Crippen molar-refractivity contribution in [3.63, 3.8) is 0 Å². The summed E-state index contributed by atoms with van der Waals surface area (Å²) >= 11 is 0. The molecule has 0 aromatic heterocycles. The summed E-state index contributed by atoms with van der Waals surface area (Å²) in [6, 6.07) is 10.9. The van der Waals surface area contributed by atoms with Crippen molar-refractivity contribution in [3.8, 4) is 0 Å². The largest absolute Gasteiger partial charge is 4.00 e. The molecular weight excluding hydrogens is 307 g/mol. The first-order valence-corrected chi connectivity index (χ1v) is 6.12. The van der Waals surface area contributed by atoms with E-state index in [1.807, 2.05) is 48.6 Å². The number of hydrogen-bond acceptors (Lipinski definition) is 0. The summed E-state index contributed by atoms with van der Waals surface area (Å²) in [5, 5.41) is 0. The van der Waals surface area contributed by atoms with Crippen LogP contribution in [-0.4, -0.2) is 0 Å². The Morgan fingerprint density at radius 1 is 1.00 bits per heavy atom. The summed E-state index contributed by atoms with van der Waals surface area (Å²) in [7, 11) is 0. The predicted octanol–water partition coefficient (Wildman–Crippen LogP) is 4.47. The van der Waals surface area contributed by atoms with Crippen LogP contribution in [0.4, 0.5) is 0 Å². The van der Waals surface area contributed by atoms with Gasteiger partial charge in [-0.3, -0.25) is 12.2 Å². The Morgan fingerprint density at radius 3 is 1.84 bits per heavy atom. The summed E-state index contributed by atoms with van der Waals surface area (Å²) in [4.78, 5) is 0. The van der Waals surface area contributed by atoms with Gasteiger partial charge in [0.2, 0.25) is 0 Å². The Kier molecular flexibility index (Phi) is 12.8. The van der Waals surface area contributed by atoms with E-state index in [1.54, 1.807) is 0 Å². The predicted molar refractivity (Wildman–Crippen MR) is 77.5 cm³/mol. The van der Waals surface area contributed by atoms with Gasteiger partial charge in [-0.1, -0.05) is 0 Å². The summed E-state index contributed by atoms with van der Waals surface area (Å²) in [5.74, 6) is 0. The molecule has 0 radical (unpaired) electrons. The second-order valence-electron chi connectivity index (χ2n) is 3.64. The van der Waals surface area contributed by atoms with E-state index in [1.165, 1.54) is 5.56 Å². The van der Waals surface area contributed by atoms with Crippen LogP contribution in [0.5, 0.6) is 0 Å². The fourth-order valence-corrected chi connectivity index (χ4v) is 1.27. The third-order valence-electron chi connectivity index (χ3n) is 2.21. The zero-order valence-corrected chi connectivity index (χ0v) is 13.6. The summed E-state index contributed by atoms with van der Waals surface area (Å²) < 4.78 is 0. The van der Waals surface area contributed by atoms with Crippen LogP contribution in [-0.2, 0) is 32.6 Å². The Bertz CT molecular complexity index is 369. The molecule has 1 heteroatoms. The van der Waals surface area contributed by atoms with Crippen molar-refractivity contribution in [1.82, 2.24) is 0 Å². The van der Waals surface area contributed by atoms with Gasteiger partial charge in [0.15, 0.2) is 0 Å². The van der Waals surface area contributed by atoms with Gasteiger partial charge in [-0.15, -0.1) is 12.8 Å². The first-order chi connectivity index (χ1) is 8.93. The topological polar surface area (TPSA) is 0 Å². The van der Waals surface area contributed by atoms with Crippen molar-refractivity contribution in [2.24, 2.45) is 0 Å². The van der Waals surface area contributed by atoms with E-state index in [9.17, 15) is 0 Å². The first kappa shape index (κ1) is 18.1. The minimum absolute atomic E-state index is 0. The van der Waals surface area contributed by atoms with Crippen molar-refractivity contribution in [2.45, 2.75) is 19.3 Å². The Hall–Kier alpha value is -0.937. The Morgan fingerprint density at radius 2 is 1.63 bits per heavy atom. The quantitative estimate of drug-likeness (QED) is 0.668. The summed E-state index contributed by atoms with van der Waals surface area (Å²) in [5.41, 5.74) is 1.17. The van der Waals surface area contributed by atoms with Crippen LogP contribution in [0.2, 0.25) is 0 Å². The van der Waals surface area contributed by atoms with Crippen LogP contribution < -0.4 is 0 Å². The van der Waals surface area contributed by atoms with Gasteiger partial charge >= 0.3 is 26.2 Å². The van der Waals surface area contributed by atoms with Crippen LogP contribution in [0.1, 0.15) is 18.4 Å².